The predicted molar refractivity (Wildman–Crippen MR) is 107 cm³/mol. The molecule has 0 saturated carbocycles. The molecule has 0 aliphatic rings. The maximum atomic E-state index is 11.4. The monoisotopic (exact) mass is 356 g/mol. The Morgan fingerprint density at radius 3 is 2.48 bits per heavy atom. The number of carbonyl (C=O) groups is 1. The fourth-order valence-corrected chi connectivity index (χ4v) is 3.45. The molecule has 1 heterocycles. The van der Waals surface area contributed by atoms with Gasteiger partial charge in [-0.25, -0.2) is 9.78 Å². The molecule has 4 heteroatoms. The van der Waals surface area contributed by atoms with Crippen LogP contribution in [0.5, 0.6) is 0 Å². The molecule has 0 saturated heterocycles. The summed E-state index contributed by atoms with van der Waals surface area (Å²) in [5, 5.41) is 9.39. The Kier molecular flexibility index (Phi) is 4.24. The lowest BCUT2D eigenvalue weighted by molar-refractivity contribution is 0.0697. The van der Waals surface area contributed by atoms with E-state index >= 15 is 0 Å². The van der Waals surface area contributed by atoms with Crippen molar-refractivity contribution in [1.82, 2.24) is 9.55 Å². The third kappa shape index (κ3) is 3.22. The third-order valence-corrected chi connectivity index (χ3v) is 4.86. The lowest BCUT2D eigenvalue weighted by atomic mass is 9.99. The van der Waals surface area contributed by atoms with E-state index in [9.17, 15) is 9.90 Å². The van der Waals surface area contributed by atoms with E-state index in [2.05, 4.69) is 34.7 Å². The molecule has 4 rings (SSSR count). The van der Waals surface area contributed by atoms with Gasteiger partial charge < -0.3 is 9.67 Å². The average Bonchev–Trinajstić information content (AvgIpc) is 2.96. The molecule has 0 radical (unpaired) electrons. The molecule has 0 atom stereocenters. The first-order chi connectivity index (χ1) is 13.0. The Morgan fingerprint density at radius 1 is 1.00 bits per heavy atom. The summed E-state index contributed by atoms with van der Waals surface area (Å²) in [7, 11) is 0. The van der Waals surface area contributed by atoms with Crippen LogP contribution in [0.2, 0.25) is 0 Å². The molecule has 0 amide bonds. The summed E-state index contributed by atoms with van der Waals surface area (Å²) in [5.41, 5.74) is 6.44. The molecule has 0 aliphatic heterocycles. The van der Waals surface area contributed by atoms with Crippen LogP contribution >= 0.6 is 0 Å². The zero-order chi connectivity index (χ0) is 19.0. The zero-order valence-electron chi connectivity index (χ0n) is 15.3. The van der Waals surface area contributed by atoms with Crippen molar-refractivity contribution in [3.05, 3.63) is 89.2 Å². The number of imidazole rings is 1. The first kappa shape index (κ1) is 17.0. The van der Waals surface area contributed by atoms with Gasteiger partial charge in [0.1, 0.15) is 5.82 Å². The molecule has 0 fully saturated rings. The summed E-state index contributed by atoms with van der Waals surface area (Å²) in [4.78, 5) is 16.1. The van der Waals surface area contributed by atoms with Gasteiger partial charge in [-0.15, -0.1) is 0 Å². The van der Waals surface area contributed by atoms with E-state index in [-0.39, 0.29) is 0 Å². The second kappa shape index (κ2) is 6.72. The van der Waals surface area contributed by atoms with Crippen LogP contribution in [0.4, 0.5) is 0 Å². The topological polar surface area (TPSA) is 55.1 Å². The van der Waals surface area contributed by atoms with E-state index in [0.29, 0.717) is 5.56 Å². The summed E-state index contributed by atoms with van der Waals surface area (Å²) in [5.74, 6) is 0.0707. The maximum Gasteiger partial charge on any atom is 0.336 e. The number of hydrogen-bond acceptors (Lipinski definition) is 2. The van der Waals surface area contributed by atoms with Gasteiger partial charge in [0.05, 0.1) is 16.6 Å². The number of rotatable bonds is 4. The van der Waals surface area contributed by atoms with Crippen LogP contribution in [-0.4, -0.2) is 20.6 Å². The van der Waals surface area contributed by atoms with Crippen LogP contribution in [0.25, 0.3) is 22.2 Å². The van der Waals surface area contributed by atoms with Gasteiger partial charge in [0.15, 0.2) is 0 Å². The number of aromatic nitrogens is 2. The lowest BCUT2D eigenvalue weighted by Gasteiger charge is -2.10. The molecule has 0 aliphatic carbocycles. The highest BCUT2D eigenvalue weighted by Gasteiger charge is 2.11. The van der Waals surface area contributed by atoms with Gasteiger partial charge in [-0.3, -0.25) is 0 Å². The number of nitrogens with zero attached hydrogens (tertiary/aromatic N) is 2. The van der Waals surface area contributed by atoms with Crippen molar-refractivity contribution in [2.75, 3.05) is 0 Å². The van der Waals surface area contributed by atoms with Crippen molar-refractivity contribution in [1.29, 1.82) is 0 Å². The minimum Gasteiger partial charge on any atom is -0.478 e. The standard InChI is InChI=1S/C23H20N2O2/c1-15-7-12-22-21(13-15)24-16(2)25(22)14-17-8-10-18(11-9-17)19-5-3-4-6-20(19)23(26)27/h3-13H,14H2,1-2H3,(H,26,27). The molecule has 4 nitrogen and oxygen atoms in total. The van der Waals surface area contributed by atoms with Crippen LogP contribution in [0.15, 0.2) is 66.7 Å². The number of aromatic carboxylic acids is 1. The van der Waals surface area contributed by atoms with Crippen LogP contribution < -0.4 is 0 Å². The van der Waals surface area contributed by atoms with Crippen molar-refractivity contribution in [3.63, 3.8) is 0 Å². The molecule has 27 heavy (non-hydrogen) atoms. The van der Waals surface area contributed by atoms with Crippen LogP contribution in [0.1, 0.15) is 27.3 Å². The molecule has 1 N–H and O–H groups in total. The van der Waals surface area contributed by atoms with Gasteiger partial charge in [-0.1, -0.05) is 48.5 Å². The number of fused-ring (bicyclic) bond motifs is 1. The van der Waals surface area contributed by atoms with Gasteiger partial charge in [0.2, 0.25) is 0 Å². The smallest absolute Gasteiger partial charge is 0.336 e. The van der Waals surface area contributed by atoms with E-state index in [0.717, 1.165) is 40.1 Å². The fraction of sp³-hybridized carbons (Fsp3) is 0.130. The quantitative estimate of drug-likeness (QED) is 0.556. The Hall–Kier alpha value is -3.40. The van der Waals surface area contributed by atoms with Crippen molar-refractivity contribution < 1.29 is 9.90 Å². The Morgan fingerprint density at radius 2 is 1.74 bits per heavy atom. The molecule has 3 aromatic carbocycles. The maximum absolute atomic E-state index is 11.4. The molecular weight excluding hydrogens is 336 g/mol. The molecule has 134 valence electrons. The summed E-state index contributed by atoms with van der Waals surface area (Å²) < 4.78 is 2.20. The average molecular weight is 356 g/mol. The first-order valence-electron chi connectivity index (χ1n) is 8.88. The van der Waals surface area contributed by atoms with Gasteiger partial charge in [0.25, 0.3) is 0 Å². The second-order valence-corrected chi connectivity index (χ2v) is 6.78. The zero-order valence-corrected chi connectivity index (χ0v) is 15.3. The third-order valence-electron chi connectivity index (χ3n) is 4.86. The van der Waals surface area contributed by atoms with Gasteiger partial charge in [-0.05, 0) is 54.3 Å². The highest BCUT2D eigenvalue weighted by molar-refractivity contribution is 5.96. The van der Waals surface area contributed by atoms with Gasteiger partial charge in [0, 0.05) is 6.54 Å². The number of carboxylic acid groups (broad SMARTS) is 1. The number of hydrogen-bond donors (Lipinski definition) is 1. The molecule has 0 spiro atoms. The highest BCUT2D eigenvalue weighted by atomic mass is 16.4. The Bertz CT molecular complexity index is 1140. The van der Waals surface area contributed by atoms with Crippen molar-refractivity contribution >= 4 is 17.0 Å². The highest BCUT2D eigenvalue weighted by Crippen LogP contribution is 2.25. The largest absolute Gasteiger partial charge is 0.478 e. The normalized spacial score (nSPS) is 11.0. The molecule has 0 unspecified atom stereocenters. The summed E-state index contributed by atoms with van der Waals surface area (Å²) in [6.45, 7) is 4.82. The lowest BCUT2D eigenvalue weighted by Crippen LogP contribution is -2.02. The minimum atomic E-state index is -0.912. The van der Waals surface area contributed by atoms with E-state index in [1.807, 2.05) is 43.3 Å². The van der Waals surface area contributed by atoms with E-state index in [4.69, 9.17) is 0 Å². The first-order valence-corrected chi connectivity index (χ1v) is 8.88. The van der Waals surface area contributed by atoms with Crippen LogP contribution in [0, 0.1) is 13.8 Å². The fourth-order valence-electron chi connectivity index (χ4n) is 3.45. The molecular formula is C23H20N2O2. The SMILES string of the molecule is Cc1ccc2c(c1)nc(C)n2Cc1ccc(-c2ccccc2C(=O)O)cc1. The van der Waals surface area contributed by atoms with E-state index < -0.39 is 5.97 Å². The predicted octanol–water partition coefficient (Wildman–Crippen LogP) is 5.07. The molecule has 4 aromatic rings. The van der Waals surface area contributed by atoms with E-state index in [1.165, 1.54) is 5.56 Å². The van der Waals surface area contributed by atoms with Crippen molar-refractivity contribution in [3.8, 4) is 11.1 Å². The van der Waals surface area contributed by atoms with Crippen molar-refractivity contribution in [2.24, 2.45) is 0 Å². The summed E-state index contributed by atoms with van der Waals surface area (Å²) in [6.07, 6.45) is 0. The van der Waals surface area contributed by atoms with Crippen molar-refractivity contribution in [2.45, 2.75) is 20.4 Å². The second-order valence-electron chi connectivity index (χ2n) is 6.78. The summed E-state index contributed by atoms with van der Waals surface area (Å²) >= 11 is 0. The van der Waals surface area contributed by atoms with Crippen LogP contribution in [-0.2, 0) is 6.54 Å². The summed E-state index contributed by atoms with van der Waals surface area (Å²) in [6, 6.07) is 21.5. The number of carboxylic acids is 1. The Balaban J connectivity index is 1.67. The Labute approximate surface area is 157 Å². The van der Waals surface area contributed by atoms with E-state index in [1.54, 1.807) is 12.1 Å². The van der Waals surface area contributed by atoms with Gasteiger partial charge >= 0.3 is 5.97 Å². The number of benzene rings is 3. The molecule has 0 bridgehead atoms. The molecule has 1 aromatic heterocycles. The number of aryl methyl sites for hydroxylation is 2. The minimum absolute atomic E-state index is 0.317. The van der Waals surface area contributed by atoms with Crippen LogP contribution in [0.3, 0.4) is 0 Å². The van der Waals surface area contributed by atoms with Gasteiger partial charge in [-0.2, -0.15) is 0 Å².